The summed E-state index contributed by atoms with van der Waals surface area (Å²) in [6.45, 7) is 13.4. The number of nitrogens with zero attached hydrogens (tertiary/aromatic N) is 2. The molecule has 0 saturated heterocycles. The third-order valence-electron chi connectivity index (χ3n) is 4.06. The van der Waals surface area contributed by atoms with Crippen molar-refractivity contribution >= 4 is 5.70 Å². The molecule has 0 aliphatic carbocycles. The number of aromatic nitrogens is 2. The van der Waals surface area contributed by atoms with Gasteiger partial charge in [0.25, 0.3) is 5.89 Å². The van der Waals surface area contributed by atoms with E-state index in [0.717, 1.165) is 23.8 Å². The fourth-order valence-corrected chi connectivity index (χ4v) is 2.52. The van der Waals surface area contributed by atoms with Crippen LogP contribution >= 0.6 is 0 Å². The molecule has 0 bridgehead atoms. The molecule has 0 saturated carbocycles. The second-order valence-corrected chi connectivity index (χ2v) is 6.30. The van der Waals surface area contributed by atoms with E-state index in [-0.39, 0.29) is 23.1 Å². The Hall–Kier alpha value is -3.13. The largest absolute Gasteiger partial charge is 0.381 e. The van der Waals surface area contributed by atoms with Crippen LogP contribution in [0.5, 0.6) is 0 Å². The molecular weight excluding hydrogens is 407 g/mol. The summed E-state index contributed by atoms with van der Waals surface area (Å²) in [6, 6.07) is 3.09. The van der Waals surface area contributed by atoms with Crippen molar-refractivity contribution in [1.82, 2.24) is 15.5 Å². The van der Waals surface area contributed by atoms with Crippen molar-refractivity contribution in [3.8, 4) is 11.4 Å². The Balaban J connectivity index is 0.000000452. The molecule has 1 heterocycles. The maximum absolute atomic E-state index is 13.8. The molecule has 31 heavy (non-hydrogen) atoms. The van der Waals surface area contributed by atoms with Crippen molar-refractivity contribution in [3.63, 3.8) is 0 Å². The molecule has 0 amide bonds. The topological polar surface area (TPSA) is 60.2 Å². The fourth-order valence-electron chi connectivity index (χ4n) is 2.52. The molecule has 0 fully saturated rings. The van der Waals surface area contributed by atoms with Gasteiger partial charge in [0.1, 0.15) is 23.2 Å². The predicted octanol–water partition coefficient (Wildman–Crippen LogP) is 5.99. The first-order valence-corrected chi connectivity index (χ1v) is 9.68. The molecule has 1 N–H and O–H groups in total. The van der Waals surface area contributed by atoms with E-state index < -0.39 is 11.6 Å². The van der Waals surface area contributed by atoms with Gasteiger partial charge in [-0.05, 0) is 55.7 Å². The average molecular weight is 435 g/mol. The summed E-state index contributed by atoms with van der Waals surface area (Å²) in [5.74, 6) is -1.26. The summed E-state index contributed by atoms with van der Waals surface area (Å²) in [5, 5.41) is 6.84. The third kappa shape index (κ3) is 7.57. The zero-order chi connectivity index (χ0) is 23.4. The summed E-state index contributed by atoms with van der Waals surface area (Å²) in [6.07, 6.45) is 3.37. The van der Waals surface area contributed by atoms with E-state index in [9.17, 15) is 13.2 Å². The number of rotatable bonds is 9. The van der Waals surface area contributed by atoms with Gasteiger partial charge in [0.05, 0.1) is 12.2 Å². The maximum Gasteiger partial charge on any atom is 0.274 e. The van der Waals surface area contributed by atoms with Gasteiger partial charge in [-0.25, -0.2) is 13.2 Å². The van der Waals surface area contributed by atoms with Crippen molar-refractivity contribution in [1.29, 1.82) is 0 Å². The lowest BCUT2D eigenvalue weighted by molar-refractivity contribution is 0.225. The van der Waals surface area contributed by atoms with Crippen molar-refractivity contribution in [2.24, 2.45) is 0 Å². The number of ether oxygens (including phenoxy) is 1. The van der Waals surface area contributed by atoms with E-state index in [0.29, 0.717) is 30.8 Å². The minimum Gasteiger partial charge on any atom is -0.381 e. The molecule has 2 aromatic rings. The van der Waals surface area contributed by atoms with Gasteiger partial charge in [0.15, 0.2) is 0 Å². The molecule has 0 radical (unpaired) electrons. The van der Waals surface area contributed by atoms with Crippen molar-refractivity contribution < 1.29 is 22.4 Å². The Morgan fingerprint density at radius 2 is 1.94 bits per heavy atom. The molecular formula is C23H28F3N3O2. The third-order valence-corrected chi connectivity index (χ3v) is 4.06. The fraction of sp³-hybridized carbons (Fsp3) is 0.304. The lowest BCUT2D eigenvalue weighted by Gasteiger charge is -2.08. The molecule has 1 aromatic heterocycles. The highest BCUT2D eigenvalue weighted by Crippen LogP contribution is 2.23. The SMILES string of the molecule is C=C/C(F)=C(\C=C)CC.CCN/C(=C(\C)COC)c1nc(-c2cc(F)ccc2F)no1. The monoisotopic (exact) mass is 435 g/mol. The lowest BCUT2D eigenvalue weighted by Crippen LogP contribution is -2.14. The van der Waals surface area contributed by atoms with Crippen LogP contribution in [0.4, 0.5) is 13.2 Å². The lowest BCUT2D eigenvalue weighted by atomic mass is 10.2. The highest BCUT2D eigenvalue weighted by atomic mass is 19.1. The number of methoxy groups -OCH3 is 1. The normalized spacial score (nSPS) is 12.2. The van der Waals surface area contributed by atoms with Crippen LogP contribution in [0.15, 0.2) is 65.0 Å². The quantitative estimate of drug-likeness (QED) is 0.490. The van der Waals surface area contributed by atoms with E-state index >= 15 is 0 Å². The van der Waals surface area contributed by atoms with Gasteiger partial charge in [-0.3, -0.25) is 0 Å². The summed E-state index contributed by atoms with van der Waals surface area (Å²) >= 11 is 0. The van der Waals surface area contributed by atoms with Crippen LogP contribution in [0.1, 0.15) is 33.1 Å². The second kappa shape index (κ2) is 13.2. The molecule has 0 unspecified atom stereocenters. The second-order valence-electron chi connectivity index (χ2n) is 6.30. The van der Waals surface area contributed by atoms with Gasteiger partial charge < -0.3 is 14.6 Å². The van der Waals surface area contributed by atoms with E-state index in [4.69, 9.17) is 9.26 Å². The molecule has 1 aromatic carbocycles. The number of allylic oxidation sites excluding steroid dienone is 4. The number of hydrogen-bond acceptors (Lipinski definition) is 5. The Morgan fingerprint density at radius 1 is 1.23 bits per heavy atom. The van der Waals surface area contributed by atoms with E-state index in [2.05, 4.69) is 28.6 Å². The molecule has 0 aliphatic heterocycles. The minimum atomic E-state index is -0.614. The first-order chi connectivity index (χ1) is 14.8. The van der Waals surface area contributed by atoms with E-state index in [1.807, 2.05) is 20.8 Å². The minimum absolute atomic E-state index is 0.00683. The van der Waals surface area contributed by atoms with Crippen LogP contribution in [0.2, 0.25) is 0 Å². The van der Waals surface area contributed by atoms with Crippen molar-refractivity contribution in [2.75, 3.05) is 20.3 Å². The summed E-state index contributed by atoms with van der Waals surface area (Å²) < 4.78 is 49.8. The van der Waals surface area contributed by atoms with Crippen molar-refractivity contribution in [2.45, 2.75) is 27.2 Å². The zero-order valence-electron chi connectivity index (χ0n) is 18.3. The maximum atomic E-state index is 13.8. The van der Waals surface area contributed by atoms with E-state index in [1.165, 1.54) is 12.2 Å². The standard InChI is InChI=1S/C15H17F2N3O2.C8H11F/c1-4-18-13(9(2)8-21-3)15-19-14(20-22-15)11-7-10(16)5-6-12(11)17;1-4-7(5-2)8(9)6-3/h5-7,18H,4,8H2,1-3H3;4,6H,1,3,5H2,2H3/b13-9+;8-7-. The average Bonchev–Trinajstić information content (AvgIpc) is 3.24. The van der Waals surface area contributed by atoms with Gasteiger partial charge in [0.2, 0.25) is 5.82 Å². The first kappa shape index (κ1) is 25.9. The molecule has 5 nitrogen and oxygen atoms in total. The Bertz CT molecular complexity index is 949. The van der Waals surface area contributed by atoms with Gasteiger partial charge in [-0.15, -0.1) is 0 Å². The highest BCUT2D eigenvalue weighted by molar-refractivity contribution is 5.63. The van der Waals surface area contributed by atoms with E-state index in [1.54, 1.807) is 7.11 Å². The molecule has 0 atom stereocenters. The smallest absolute Gasteiger partial charge is 0.274 e. The Kier molecular flexibility index (Phi) is 11.1. The van der Waals surface area contributed by atoms with Crippen LogP contribution in [0.3, 0.4) is 0 Å². The highest BCUT2D eigenvalue weighted by Gasteiger charge is 2.17. The van der Waals surface area contributed by atoms with Gasteiger partial charge in [0, 0.05) is 13.7 Å². The van der Waals surface area contributed by atoms with Gasteiger partial charge in [-0.2, -0.15) is 4.98 Å². The van der Waals surface area contributed by atoms with Crippen LogP contribution in [0.25, 0.3) is 17.1 Å². The number of benzene rings is 1. The molecule has 168 valence electrons. The van der Waals surface area contributed by atoms with Crippen LogP contribution in [0, 0.1) is 11.6 Å². The molecule has 0 spiro atoms. The Labute approximate surface area is 181 Å². The summed E-state index contributed by atoms with van der Waals surface area (Å²) in [4.78, 5) is 4.14. The Morgan fingerprint density at radius 3 is 2.45 bits per heavy atom. The number of hydrogen-bond donors (Lipinski definition) is 1. The summed E-state index contributed by atoms with van der Waals surface area (Å²) in [5.41, 5.74) is 2.06. The van der Waals surface area contributed by atoms with Crippen LogP contribution < -0.4 is 5.32 Å². The van der Waals surface area contributed by atoms with Gasteiger partial charge in [-0.1, -0.05) is 31.3 Å². The number of nitrogens with one attached hydrogen (secondary N) is 1. The molecule has 2 rings (SSSR count). The van der Waals surface area contributed by atoms with Crippen molar-refractivity contribution in [3.05, 3.63) is 78.0 Å². The summed E-state index contributed by atoms with van der Waals surface area (Å²) in [7, 11) is 1.58. The molecule has 0 aliphatic rings. The number of halogens is 3. The van der Waals surface area contributed by atoms with Crippen LogP contribution in [-0.2, 0) is 4.74 Å². The predicted molar refractivity (Wildman–Crippen MR) is 117 cm³/mol. The first-order valence-electron chi connectivity index (χ1n) is 9.68. The molecule has 8 heteroatoms. The van der Waals surface area contributed by atoms with Gasteiger partial charge >= 0.3 is 0 Å². The van der Waals surface area contributed by atoms with Crippen LogP contribution in [-0.4, -0.2) is 30.4 Å². The zero-order valence-corrected chi connectivity index (χ0v) is 18.3.